The molecular formula is C28H28N2O3. The van der Waals surface area contributed by atoms with Crippen LogP contribution in [0.4, 0.5) is 0 Å². The van der Waals surface area contributed by atoms with Crippen molar-refractivity contribution in [3.8, 4) is 22.6 Å². The number of para-hydroxylation sites is 1. The molecule has 1 amide bonds. The maximum Gasteiger partial charge on any atom is 0.227 e. The van der Waals surface area contributed by atoms with Gasteiger partial charge in [-0.1, -0.05) is 48.5 Å². The number of carbonyl (C=O) groups is 1. The highest BCUT2D eigenvalue weighted by Crippen LogP contribution is 2.33. The fourth-order valence-electron chi connectivity index (χ4n) is 4.14. The van der Waals surface area contributed by atoms with Crippen molar-refractivity contribution in [2.75, 3.05) is 21.3 Å². The fraction of sp³-hybridized carbons (Fsp3) is 0.214. The van der Waals surface area contributed by atoms with E-state index in [0.29, 0.717) is 12.3 Å². The number of amides is 1. The van der Waals surface area contributed by atoms with E-state index in [4.69, 9.17) is 14.5 Å². The van der Waals surface area contributed by atoms with Gasteiger partial charge in [-0.2, -0.15) is 0 Å². The van der Waals surface area contributed by atoms with E-state index in [1.165, 1.54) is 0 Å². The molecule has 0 saturated carbocycles. The van der Waals surface area contributed by atoms with Crippen LogP contribution in [-0.4, -0.2) is 37.1 Å². The third-order valence-corrected chi connectivity index (χ3v) is 5.92. The van der Waals surface area contributed by atoms with Crippen LogP contribution in [0.15, 0.2) is 72.8 Å². The Morgan fingerprint density at radius 1 is 0.939 bits per heavy atom. The van der Waals surface area contributed by atoms with Gasteiger partial charge in [-0.05, 0) is 41.8 Å². The number of carbonyl (C=O) groups excluding carboxylic acids is 1. The Hall–Kier alpha value is -3.86. The van der Waals surface area contributed by atoms with E-state index in [2.05, 4.69) is 18.2 Å². The summed E-state index contributed by atoms with van der Waals surface area (Å²) < 4.78 is 10.8. The standard InChI is InChI=1S/C28H28N2O3/c1-19-24(17-27(31)30(2)18-21-14-15-22(32-3)16-26(21)33-4)28(20-10-6-5-7-11-20)23-12-8-9-13-25(23)29-19/h5-16H,17-18H2,1-4H3. The Balaban J connectivity index is 1.68. The van der Waals surface area contributed by atoms with Gasteiger partial charge in [-0.15, -0.1) is 0 Å². The van der Waals surface area contributed by atoms with E-state index < -0.39 is 0 Å². The predicted molar refractivity (Wildman–Crippen MR) is 132 cm³/mol. The van der Waals surface area contributed by atoms with E-state index in [1.54, 1.807) is 19.1 Å². The summed E-state index contributed by atoms with van der Waals surface area (Å²) in [6.45, 7) is 2.42. The number of likely N-dealkylation sites (N-methyl/N-ethyl adjacent to an activating group) is 1. The third-order valence-electron chi connectivity index (χ3n) is 5.92. The molecule has 0 aliphatic rings. The lowest BCUT2D eigenvalue weighted by Gasteiger charge is -2.21. The number of aryl methyl sites for hydroxylation is 1. The first-order valence-electron chi connectivity index (χ1n) is 10.9. The van der Waals surface area contributed by atoms with Gasteiger partial charge in [0.2, 0.25) is 5.91 Å². The highest BCUT2D eigenvalue weighted by molar-refractivity contribution is 5.98. The minimum absolute atomic E-state index is 0.0187. The third kappa shape index (κ3) is 4.67. The van der Waals surface area contributed by atoms with Crippen molar-refractivity contribution < 1.29 is 14.3 Å². The lowest BCUT2D eigenvalue weighted by molar-refractivity contribution is -0.129. The molecule has 0 aliphatic heterocycles. The minimum Gasteiger partial charge on any atom is -0.497 e. The predicted octanol–water partition coefficient (Wildman–Crippen LogP) is 5.43. The summed E-state index contributed by atoms with van der Waals surface area (Å²) >= 11 is 0. The number of ether oxygens (including phenoxy) is 2. The Labute approximate surface area is 194 Å². The van der Waals surface area contributed by atoms with Crippen LogP contribution < -0.4 is 9.47 Å². The Morgan fingerprint density at radius 3 is 2.39 bits per heavy atom. The second-order valence-corrected chi connectivity index (χ2v) is 8.04. The number of aromatic nitrogens is 1. The number of benzene rings is 3. The van der Waals surface area contributed by atoms with Crippen molar-refractivity contribution in [3.05, 3.63) is 89.6 Å². The zero-order chi connectivity index (χ0) is 23.4. The summed E-state index contributed by atoms with van der Waals surface area (Å²) in [7, 11) is 5.06. The summed E-state index contributed by atoms with van der Waals surface area (Å²) in [4.78, 5) is 19.9. The van der Waals surface area contributed by atoms with Crippen molar-refractivity contribution in [1.82, 2.24) is 9.88 Å². The van der Waals surface area contributed by atoms with Gasteiger partial charge in [0.15, 0.2) is 0 Å². The summed E-state index contributed by atoms with van der Waals surface area (Å²) in [6, 6.07) is 23.9. The molecule has 0 atom stereocenters. The zero-order valence-electron chi connectivity index (χ0n) is 19.5. The van der Waals surface area contributed by atoms with Crippen LogP contribution in [0, 0.1) is 6.92 Å². The molecule has 0 unspecified atom stereocenters. The molecule has 0 radical (unpaired) electrons. The van der Waals surface area contributed by atoms with Crippen LogP contribution in [0.1, 0.15) is 16.8 Å². The number of fused-ring (bicyclic) bond motifs is 1. The molecule has 4 rings (SSSR count). The summed E-state index contributed by atoms with van der Waals surface area (Å²) in [5, 5.41) is 1.05. The molecule has 0 bridgehead atoms. The van der Waals surface area contributed by atoms with Gasteiger partial charge in [-0.25, -0.2) is 0 Å². The highest BCUT2D eigenvalue weighted by atomic mass is 16.5. The van der Waals surface area contributed by atoms with Gasteiger partial charge in [0.05, 0.1) is 26.2 Å². The van der Waals surface area contributed by atoms with Gasteiger partial charge in [0, 0.05) is 36.3 Å². The average Bonchev–Trinajstić information content (AvgIpc) is 2.85. The maximum absolute atomic E-state index is 13.3. The Morgan fingerprint density at radius 2 is 1.67 bits per heavy atom. The molecule has 1 aromatic heterocycles. The quantitative estimate of drug-likeness (QED) is 0.385. The molecule has 3 aromatic carbocycles. The second-order valence-electron chi connectivity index (χ2n) is 8.04. The second kappa shape index (κ2) is 9.74. The average molecular weight is 441 g/mol. The number of rotatable bonds is 7. The van der Waals surface area contributed by atoms with Crippen LogP contribution in [0.3, 0.4) is 0 Å². The highest BCUT2D eigenvalue weighted by Gasteiger charge is 2.20. The van der Waals surface area contributed by atoms with Crippen molar-refractivity contribution in [2.45, 2.75) is 19.9 Å². The summed E-state index contributed by atoms with van der Waals surface area (Å²) in [6.07, 6.45) is 0.267. The van der Waals surface area contributed by atoms with E-state index in [-0.39, 0.29) is 12.3 Å². The van der Waals surface area contributed by atoms with Gasteiger partial charge >= 0.3 is 0 Å². The molecular weight excluding hydrogens is 412 g/mol. The normalized spacial score (nSPS) is 10.8. The van der Waals surface area contributed by atoms with Gasteiger partial charge in [-0.3, -0.25) is 9.78 Å². The molecule has 1 heterocycles. The molecule has 0 aliphatic carbocycles. The number of methoxy groups -OCH3 is 2. The minimum atomic E-state index is 0.0187. The first kappa shape index (κ1) is 22.3. The van der Waals surface area contributed by atoms with Gasteiger partial charge < -0.3 is 14.4 Å². The summed E-state index contributed by atoms with van der Waals surface area (Å²) in [5.41, 5.74) is 5.84. The Bertz CT molecular complexity index is 1290. The monoisotopic (exact) mass is 440 g/mol. The van der Waals surface area contributed by atoms with Crippen LogP contribution in [0.25, 0.3) is 22.0 Å². The van der Waals surface area contributed by atoms with E-state index in [9.17, 15) is 4.79 Å². The van der Waals surface area contributed by atoms with Gasteiger partial charge in [0.1, 0.15) is 11.5 Å². The molecule has 0 fully saturated rings. The lowest BCUT2D eigenvalue weighted by Crippen LogP contribution is -2.28. The number of nitrogens with zero attached hydrogens (tertiary/aromatic N) is 2. The van der Waals surface area contributed by atoms with Crippen LogP contribution in [0.5, 0.6) is 11.5 Å². The smallest absolute Gasteiger partial charge is 0.227 e. The SMILES string of the molecule is COc1ccc(CN(C)C(=O)Cc2c(C)nc3ccccc3c2-c2ccccc2)c(OC)c1. The van der Waals surface area contributed by atoms with Gasteiger partial charge in [0.25, 0.3) is 0 Å². The molecule has 168 valence electrons. The topological polar surface area (TPSA) is 51.7 Å². The molecule has 0 spiro atoms. The molecule has 33 heavy (non-hydrogen) atoms. The number of pyridine rings is 1. The van der Waals surface area contributed by atoms with E-state index >= 15 is 0 Å². The van der Waals surface area contributed by atoms with Crippen LogP contribution in [-0.2, 0) is 17.8 Å². The summed E-state index contributed by atoms with van der Waals surface area (Å²) in [5.74, 6) is 1.43. The van der Waals surface area contributed by atoms with Crippen LogP contribution >= 0.6 is 0 Å². The lowest BCUT2D eigenvalue weighted by atomic mass is 9.92. The molecule has 5 nitrogen and oxygen atoms in total. The maximum atomic E-state index is 13.3. The van der Waals surface area contributed by atoms with E-state index in [0.717, 1.165) is 44.6 Å². The largest absolute Gasteiger partial charge is 0.497 e. The van der Waals surface area contributed by atoms with Crippen molar-refractivity contribution in [3.63, 3.8) is 0 Å². The van der Waals surface area contributed by atoms with Crippen molar-refractivity contribution >= 4 is 16.8 Å². The fourth-order valence-corrected chi connectivity index (χ4v) is 4.14. The molecule has 0 saturated heterocycles. The van der Waals surface area contributed by atoms with Crippen molar-refractivity contribution in [2.24, 2.45) is 0 Å². The van der Waals surface area contributed by atoms with Crippen molar-refractivity contribution in [1.29, 1.82) is 0 Å². The molecule has 0 N–H and O–H groups in total. The van der Waals surface area contributed by atoms with Crippen LogP contribution in [0.2, 0.25) is 0 Å². The molecule has 4 aromatic rings. The number of hydrogen-bond donors (Lipinski definition) is 0. The van der Waals surface area contributed by atoms with E-state index in [1.807, 2.05) is 68.6 Å². The Kier molecular flexibility index (Phi) is 6.59. The first-order valence-corrected chi connectivity index (χ1v) is 10.9. The molecule has 5 heteroatoms. The number of hydrogen-bond acceptors (Lipinski definition) is 4. The zero-order valence-corrected chi connectivity index (χ0v) is 19.5. The first-order chi connectivity index (χ1) is 16.0.